The first kappa shape index (κ1) is 11.9. The highest BCUT2D eigenvalue weighted by Gasteiger charge is 2.40. The molecule has 3 heteroatoms. The summed E-state index contributed by atoms with van der Waals surface area (Å²) in [5.74, 6) is 1.86. The van der Waals surface area contributed by atoms with Gasteiger partial charge in [0.2, 0.25) is 5.91 Å². The fraction of sp³-hybridized carbons (Fsp3) is 0.923. The lowest BCUT2D eigenvalue weighted by Gasteiger charge is -2.21. The van der Waals surface area contributed by atoms with Gasteiger partial charge in [-0.2, -0.15) is 0 Å². The fourth-order valence-corrected chi connectivity index (χ4v) is 3.08. The molecule has 2 fully saturated rings. The van der Waals surface area contributed by atoms with Crippen LogP contribution in [0.15, 0.2) is 0 Å². The van der Waals surface area contributed by atoms with Crippen molar-refractivity contribution in [2.45, 2.75) is 33.1 Å². The van der Waals surface area contributed by atoms with E-state index in [4.69, 9.17) is 0 Å². The molecule has 1 amide bonds. The predicted molar refractivity (Wildman–Crippen MR) is 65.2 cm³/mol. The number of hydrogen-bond acceptors (Lipinski definition) is 2. The van der Waals surface area contributed by atoms with Crippen molar-refractivity contribution in [2.24, 2.45) is 11.8 Å². The number of hydrogen-bond donors (Lipinski definition) is 0. The van der Waals surface area contributed by atoms with Gasteiger partial charge in [0.15, 0.2) is 0 Å². The van der Waals surface area contributed by atoms with Crippen molar-refractivity contribution in [3.05, 3.63) is 0 Å². The third-order valence-electron chi connectivity index (χ3n) is 4.04. The molecule has 92 valence electrons. The summed E-state index contributed by atoms with van der Waals surface area (Å²) in [4.78, 5) is 16.3. The Morgan fingerprint density at radius 3 is 2.25 bits per heavy atom. The molecule has 2 unspecified atom stereocenters. The molecular formula is C13H24N2O. The number of likely N-dealkylation sites (tertiary alicyclic amines) is 2. The summed E-state index contributed by atoms with van der Waals surface area (Å²) in [7, 11) is 0. The number of rotatable bonds is 4. The highest BCUT2D eigenvalue weighted by atomic mass is 16.2. The van der Waals surface area contributed by atoms with Gasteiger partial charge in [0, 0.05) is 32.6 Å². The SMILES string of the molecule is CCCCN1CC2CN(C(=O)CC)CC2C1. The van der Waals surface area contributed by atoms with Crippen molar-refractivity contribution >= 4 is 5.91 Å². The molecule has 2 heterocycles. The largest absolute Gasteiger partial charge is 0.342 e. The van der Waals surface area contributed by atoms with Gasteiger partial charge < -0.3 is 9.80 Å². The average molecular weight is 224 g/mol. The van der Waals surface area contributed by atoms with E-state index in [-0.39, 0.29) is 0 Å². The zero-order valence-corrected chi connectivity index (χ0v) is 10.6. The van der Waals surface area contributed by atoms with Gasteiger partial charge in [-0.25, -0.2) is 0 Å². The molecule has 0 spiro atoms. The van der Waals surface area contributed by atoms with Crippen molar-refractivity contribution in [3.63, 3.8) is 0 Å². The van der Waals surface area contributed by atoms with E-state index >= 15 is 0 Å². The van der Waals surface area contributed by atoms with E-state index in [1.165, 1.54) is 32.5 Å². The molecule has 2 rings (SSSR count). The summed E-state index contributed by atoms with van der Waals surface area (Å²) in [6.45, 7) is 9.93. The standard InChI is InChI=1S/C13H24N2O/c1-3-5-6-14-7-11-9-15(13(16)4-2)10-12(11)8-14/h11-12H,3-10H2,1-2H3. The first-order chi connectivity index (χ1) is 7.74. The third-order valence-corrected chi connectivity index (χ3v) is 4.04. The first-order valence-corrected chi connectivity index (χ1v) is 6.74. The Balaban J connectivity index is 1.79. The molecule has 0 radical (unpaired) electrons. The van der Waals surface area contributed by atoms with Crippen molar-refractivity contribution < 1.29 is 4.79 Å². The minimum Gasteiger partial charge on any atom is -0.342 e. The lowest BCUT2D eigenvalue weighted by molar-refractivity contribution is -0.130. The molecule has 0 aromatic rings. The van der Waals surface area contributed by atoms with Crippen LogP contribution in [0.5, 0.6) is 0 Å². The maximum Gasteiger partial charge on any atom is 0.222 e. The molecule has 16 heavy (non-hydrogen) atoms. The monoisotopic (exact) mass is 224 g/mol. The van der Waals surface area contributed by atoms with Crippen LogP contribution >= 0.6 is 0 Å². The molecule has 3 nitrogen and oxygen atoms in total. The smallest absolute Gasteiger partial charge is 0.222 e. The zero-order valence-electron chi connectivity index (χ0n) is 10.6. The lowest BCUT2D eigenvalue weighted by Crippen LogP contribution is -2.33. The van der Waals surface area contributed by atoms with Gasteiger partial charge in [0.1, 0.15) is 0 Å². The van der Waals surface area contributed by atoms with Gasteiger partial charge in [0.25, 0.3) is 0 Å². The van der Waals surface area contributed by atoms with Crippen molar-refractivity contribution in [1.82, 2.24) is 9.80 Å². The Morgan fingerprint density at radius 1 is 1.12 bits per heavy atom. The number of nitrogens with zero attached hydrogens (tertiary/aromatic N) is 2. The van der Waals surface area contributed by atoms with Gasteiger partial charge in [-0.05, 0) is 24.8 Å². The number of amides is 1. The quantitative estimate of drug-likeness (QED) is 0.724. The molecular weight excluding hydrogens is 200 g/mol. The topological polar surface area (TPSA) is 23.6 Å². The van der Waals surface area contributed by atoms with Crippen LogP contribution in [0.25, 0.3) is 0 Å². The molecule has 2 atom stereocenters. The maximum absolute atomic E-state index is 11.6. The van der Waals surface area contributed by atoms with E-state index in [1.54, 1.807) is 0 Å². The number of unbranched alkanes of at least 4 members (excludes halogenated alkanes) is 1. The molecule has 2 aliphatic rings. The predicted octanol–water partition coefficient (Wildman–Crippen LogP) is 1.59. The van der Waals surface area contributed by atoms with Crippen LogP contribution in [0.4, 0.5) is 0 Å². The molecule has 0 aliphatic carbocycles. The van der Waals surface area contributed by atoms with Gasteiger partial charge >= 0.3 is 0 Å². The Morgan fingerprint density at radius 2 is 1.75 bits per heavy atom. The summed E-state index contributed by atoms with van der Waals surface area (Å²) in [5, 5.41) is 0. The minimum absolute atomic E-state index is 0.342. The van der Waals surface area contributed by atoms with Crippen LogP contribution < -0.4 is 0 Å². The van der Waals surface area contributed by atoms with E-state index in [1.807, 2.05) is 6.92 Å². The van der Waals surface area contributed by atoms with Crippen LogP contribution in [0.2, 0.25) is 0 Å². The van der Waals surface area contributed by atoms with E-state index in [0.29, 0.717) is 12.3 Å². The minimum atomic E-state index is 0.342. The zero-order chi connectivity index (χ0) is 11.5. The Hall–Kier alpha value is -0.570. The molecule has 0 aromatic heterocycles. The molecule has 0 N–H and O–H groups in total. The number of carbonyl (C=O) groups is 1. The first-order valence-electron chi connectivity index (χ1n) is 6.74. The molecule has 0 aromatic carbocycles. The summed E-state index contributed by atoms with van der Waals surface area (Å²) in [6, 6.07) is 0. The molecule has 0 saturated carbocycles. The van der Waals surface area contributed by atoms with E-state index in [0.717, 1.165) is 24.9 Å². The van der Waals surface area contributed by atoms with Crippen LogP contribution in [0.1, 0.15) is 33.1 Å². The molecule has 2 saturated heterocycles. The Bertz CT molecular complexity index is 240. The van der Waals surface area contributed by atoms with Gasteiger partial charge in [-0.1, -0.05) is 20.3 Å². The van der Waals surface area contributed by atoms with Gasteiger partial charge in [-0.3, -0.25) is 4.79 Å². The highest BCUT2D eigenvalue weighted by Crippen LogP contribution is 2.31. The van der Waals surface area contributed by atoms with Crippen molar-refractivity contribution in [3.8, 4) is 0 Å². The van der Waals surface area contributed by atoms with E-state index in [2.05, 4.69) is 16.7 Å². The van der Waals surface area contributed by atoms with Crippen LogP contribution in [-0.2, 0) is 4.79 Å². The molecule has 0 bridgehead atoms. The Labute approximate surface area is 98.8 Å². The second-order valence-electron chi connectivity index (χ2n) is 5.29. The second kappa shape index (κ2) is 5.17. The average Bonchev–Trinajstić information content (AvgIpc) is 2.82. The fourth-order valence-electron chi connectivity index (χ4n) is 3.08. The summed E-state index contributed by atoms with van der Waals surface area (Å²) in [5.41, 5.74) is 0. The number of fused-ring (bicyclic) bond motifs is 1. The third kappa shape index (κ3) is 2.40. The van der Waals surface area contributed by atoms with Crippen molar-refractivity contribution in [2.75, 3.05) is 32.7 Å². The van der Waals surface area contributed by atoms with Gasteiger partial charge in [-0.15, -0.1) is 0 Å². The summed E-state index contributed by atoms with van der Waals surface area (Å²) in [6.07, 6.45) is 3.27. The normalized spacial score (nSPS) is 29.8. The Kier molecular flexibility index (Phi) is 3.85. The number of carbonyl (C=O) groups excluding carboxylic acids is 1. The highest BCUT2D eigenvalue weighted by molar-refractivity contribution is 5.76. The summed E-state index contributed by atoms with van der Waals surface area (Å²) >= 11 is 0. The van der Waals surface area contributed by atoms with Crippen LogP contribution in [-0.4, -0.2) is 48.4 Å². The summed E-state index contributed by atoms with van der Waals surface area (Å²) < 4.78 is 0. The van der Waals surface area contributed by atoms with Crippen LogP contribution in [0.3, 0.4) is 0 Å². The van der Waals surface area contributed by atoms with E-state index in [9.17, 15) is 4.79 Å². The van der Waals surface area contributed by atoms with Gasteiger partial charge in [0.05, 0.1) is 0 Å². The second-order valence-corrected chi connectivity index (χ2v) is 5.29. The van der Waals surface area contributed by atoms with Crippen LogP contribution in [0, 0.1) is 11.8 Å². The van der Waals surface area contributed by atoms with E-state index < -0.39 is 0 Å². The maximum atomic E-state index is 11.6. The lowest BCUT2D eigenvalue weighted by atomic mass is 10.0. The van der Waals surface area contributed by atoms with Crippen molar-refractivity contribution in [1.29, 1.82) is 0 Å². The molecule has 2 aliphatic heterocycles.